The zero-order chi connectivity index (χ0) is 11.7. The second-order valence-electron chi connectivity index (χ2n) is 5.56. The van der Waals surface area contributed by atoms with E-state index in [2.05, 4.69) is 22.2 Å². The first-order chi connectivity index (χ1) is 8.33. The van der Waals surface area contributed by atoms with E-state index in [4.69, 9.17) is 0 Å². The minimum absolute atomic E-state index is 0.552. The molecular weight excluding hydrogens is 210 g/mol. The third-order valence-electron chi connectivity index (χ3n) is 4.67. The van der Waals surface area contributed by atoms with E-state index in [9.17, 15) is 0 Å². The van der Waals surface area contributed by atoms with Gasteiger partial charge in [-0.05, 0) is 43.9 Å². The first-order valence-electron chi connectivity index (χ1n) is 6.90. The molecule has 0 unspecified atom stereocenters. The molecule has 1 N–H and O–H groups in total. The molecule has 0 atom stereocenters. The quantitative estimate of drug-likeness (QED) is 0.865. The minimum Gasteiger partial charge on any atom is -0.369 e. The molecule has 1 fully saturated rings. The highest BCUT2D eigenvalue weighted by atomic mass is 15.0. The Labute approximate surface area is 103 Å². The van der Waals surface area contributed by atoms with Gasteiger partial charge < -0.3 is 5.32 Å². The maximum atomic E-state index is 4.42. The molecule has 2 aliphatic carbocycles. The monoisotopic (exact) mass is 231 g/mol. The molecular formula is C14H21N3. The van der Waals surface area contributed by atoms with Gasteiger partial charge in [0.05, 0.1) is 0 Å². The summed E-state index contributed by atoms with van der Waals surface area (Å²) in [4.78, 5) is 8.79. The Kier molecular flexibility index (Phi) is 2.77. The molecule has 0 amide bonds. The van der Waals surface area contributed by atoms with E-state index in [1.54, 1.807) is 6.33 Å². The summed E-state index contributed by atoms with van der Waals surface area (Å²) in [5, 5.41) is 3.59. The number of hydrogen-bond donors (Lipinski definition) is 1. The van der Waals surface area contributed by atoms with Crippen LogP contribution in [-0.4, -0.2) is 16.5 Å². The number of aryl methyl sites for hydroxylation is 1. The number of aromatic nitrogens is 2. The Bertz CT molecular complexity index is 404. The lowest BCUT2D eigenvalue weighted by atomic mass is 9.67. The lowest BCUT2D eigenvalue weighted by Gasteiger charge is -2.41. The van der Waals surface area contributed by atoms with Gasteiger partial charge in [-0.25, -0.2) is 9.97 Å². The predicted molar refractivity (Wildman–Crippen MR) is 69.1 cm³/mol. The Morgan fingerprint density at radius 3 is 2.82 bits per heavy atom. The topological polar surface area (TPSA) is 37.8 Å². The Morgan fingerprint density at radius 2 is 2.12 bits per heavy atom. The molecule has 0 bridgehead atoms. The van der Waals surface area contributed by atoms with Crippen LogP contribution in [0.15, 0.2) is 6.33 Å². The Balaban J connectivity index is 1.71. The molecule has 3 rings (SSSR count). The van der Waals surface area contributed by atoms with Crippen molar-refractivity contribution in [3.63, 3.8) is 0 Å². The van der Waals surface area contributed by atoms with E-state index in [0.29, 0.717) is 5.41 Å². The summed E-state index contributed by atoms with van der Waals surface area (Å²) in [6, 6.07) is 0. The van der Waals surface area contributed by atoms with Crippen molar-refractivity contribution in [1.82, 2.24) is 9.97 Å². The molecule has 0 spiro atoms. The van der Waals surface area contributed by atoms with E-state index in [0.717, 1.165) is 25.2 Å². The molecule has 0 aliphatic heterocycles. The minimum atomic E-state index is 0.552. The third kappa shape index (κ3) is 1.92. The Hall–Kier alpha value is -1.12. The largest absolute Gasteiger partial charge is 0.369 e. The smallest absolute Gasteiger partial charge is 0.132 e. The van der Waals surface area contributed by atoms with Crippen LogP contribution < -0.4 is 5.32 Å². The highest BCUT2D eigenvalue weighted by Gasteiger charge is 2.35. The van der Waals surface area contributed by atoms with Gasteiger partial charge in [0.15, 0.2) is 0 Å². The lowest BCUT2D eigenvalue weighted by Crippen LogP contribution is -2.36. The van der Waals surface area contributed by atoms with Gasteiger partial charge in [0.2, 0.25) is 0 Å². The maximum Gasteiger partial charge on any atom is 0.132 e. The van der Waals surface area contributed by atoms with Crippen molar-refractivity contribution < 1.29 is 0 Å². The standard InChI is InChI=1S/C14H21N3/c1-2-14(7-4-8-14)9-15-13-11-5-3-6-12(11)16-10-17-13/h10H,2-9H2,1H3,(H,15,16,17). The summed E-state index contributed by atoms with van der Waals surface area (Å²) >= 11 is 0. The Morgan fingerprint density at radius 1 is 1.24 bits per heavy atom. The van der Waals surface area contributed by atoms with Crippen LogP contribution in [0, 0.1) is 5.41 Å². The van der Waals surface area contributed by atoms with Gasteiger partial charge in [0.1, 0.15) is 12.1 Å². The lowest BCUT2D eigenvalue weighted by molar-refractivity contribution is 0.145. The zero-order valence-electron chi connectivity index (χ0n) is 10.6. The van der Waals surface area contributed by atoms with Crippen LogP contribution in [0.25, 0.3) is 0 Å². The van der Waals surface area contributed by atoms with Gasteiger partial charge in [-0.3, -0.25) is 0 Å². The van der Waals surface area contributed by atoms with E-state index in [1.165, 1.54) is 43.4 Å². The summed E-state index contributed by atoms with van der Waals surface area (Å²) in [5.41, 5.74) is 3.19. The zero-order valence-corrected chi connectivity index (χ0v) is 10.6. The highest BCUT2D eigenvalue weighted by molar-refractivity contribution is 5.48. The molecule has 0 aromatic carbocycles. The van der Waals surface area contributed by atoms with Crippen molar-refractivity contribution in [2.45, 2.75) is 51.9 Å². The molecule has 1 saturated carbocycles. The highest BCUT2D eigenvalue weighted by Crippen LogP contribution is 2.43. The van der Waals surface area contributed by atoms with E-state index < -0.39 is 0 Å². The van der Waals surface area contributed by atoms with Crippen molar-refractivity contribution in [2.24, 2.45) is 5.41 Å². The number of nitrogens with one attached hydrogen (secondary N) is 1. The fourth-order valence-corrected chi connectivity index (χ4v) is 3.12. The molecule has 3 nitrogen and oxygen atoms in total. The second kappa shape index (κ2) is 4.28. The number of hydrogen-bond acceptors (Lipinski definition) is 3. The number of rotatable bonds is 4. The average molecular weight is 231 g/mol. The van der Waals surface area contributed by atoms with Crippen LogP contribution in [-0.2, 0) is 12.8 Å². The molecule has 0 saturated heterocycles. The van der Waals surface area contributed by atoms with E-state index in [1.807, 2.05) is 0 Å². The van der Waals surface area contributed by atoms with E-state index in [-0.39, 0.29) is 0 Å². The predicted octanol–water partition coefficient (Wildman–Crippen LogP) is 2.96. The van der Waals surface area contributed by atoms with Crippen molar-refractivity contribution in [3.05, 3.63) is 17.6 Å². The third-order valence-corrected chi connectivity index (χ3v) is 4.67. The van der Waals surface area contributed by atoms with Gasteiger partial charge >= 0.3 is 0 Å². The first kappa shape index (κ1) is 11.0. The van der Waals surface area contributed by atoms with Gasteiger partial charge in [0, 0.05) is 17.8 Å². The van der Waals surface area contributed by atoms with Crippen molar-refractivity contribution >= 4 is 5.82 Å². The molecule has 1 heterocycles. The van der Waals surface area contributed by atoms with Crippen LogP contribution in [0.5, 0.6) is 0 Å². The van der Waals surface area contributed by atoms with Gasteiger partial charge in [0.25, 0.3) is 0 Å². The van der Waals surface area contributed by atoms with Crippen LogP contribution in [0.2, 0.25) is 0 Å². The summed E-state index contributed by atoms with van der Waals surface area (Å²) < 4.78 is 0. The van der Waals surface area contributed by atoms with Crippen molar-refractivity contribution in [3.8, 4) is 0 Å². The molecule has 1 aromatic rings. The molecule has 92 valence electrons. The van der Waals surface area contributed by atoms with Crippen LogP contribution in [0.3, 0.4) is 0 Å². The van der Waals surface area contributed by atoms with Crippen molar-refractivity contribution in [1.29, 1.82) is 0 Å². The second-order valence-corrected chi connectivity index (χ2v) is 5.56. The fraction of sp³-hybridized carbons (Fsp3) is 0.714. The molecule has 2 aliphatic rings. The number of fused-ring (bicyclic) bond motifs is 1. The van der Waals surface area contributed by atoms with Gasteiger partial charge in [-0.2, -0.15) is 0 Å². The van der Waals surface area contributed by atoms with Crippen molar-refractivity contribution in [2.75, 3.05) is 11.9 Å². The van der Waals surface area contributed by atoms with Crippen LogP contribution >= 0.6 is 0 Å². The first-order valence-corrected chi connectivity index (χ1v) is 6.90. The molecule has 0 radical (unpaired) electrons. The van der Waals surface area contributed by atoms with E-state index >= 15 is 0 Å². The maximum absolute atomic E-state index is 4.42. The normalized spacial score (nSPS) is 20.8. The number of anilines is 1. The van der Waals surface area contributed by atoms with Gasteiger partial charge in [-0.1, -0.05) is 13.3 Å². The summed E-state index contributed by atoms with van der Waals surface area (Å²) in [6.45, 7) is 3.40. The molecule has 1 aromatic heterocycles. The van der Waals surface area contributed by atoms with Crippen LogP contribution in [0.4, 0.5) is 5.82 Å². The number of nitrogens with zero attached hydrogens (tertiary/aromatic N) is 2. The molecule has 17 heavy (non-hydrogen) atoms. The molecule has 3 heteroatoms. The summed E-state index contributed by atoms with van der Waals surface area (Å²) in [7, 11) is 0. The SMILES string of the molecule is CCC1(CNc2ncnc3c2CCC3)CCC1. The van der Waals surface area contributed by atoms with Gasteiger partial charge in [-0.15, -0.1) is 0 Å². The summed E-state index contributed by atoms with van der Waals surface area (Å²) in [5.74, 6) is 1.10. The fourth-order valence-electron chi connectivity index (χ4n) is 3.12. The van der Waals surface area contributed by atoms with Crippen LogP contribution in [0.1, 0.15) is 50.3 Å². The summed E-state index contributed by atoms with van der Waals surface area (Å²) in [6.07, 6.45) is 10.7. The average Bonchev–Trinajstić information content (AvgIpc) is 2.77.